The number of carbonyl (C=O) groups is 1. The van der Waals surface area contributed by atoms with Gasteiger partial charge in [0.2, 0.25) is 0 Å². The van der Waals surface area contributed by atoms with E-state index in [9.17, 15) is 4.79 Å². The second-order valence-electron chi connectivity index (χ2n) is 5.53. The molecule has 1 aliphatic carbocycles. The van der Waals surface area contributed by atoms with Gasteiger partial charge in [0, 0.05) is 10.0 Å². The highest BCUT2D eigenvalue weighted by atomic mass is 79.9. The van der Waals surface area contributed by atoms with Crippen molar-refractivity contribution in [2.45, 2.75) is 44.8 Å². The van der Waals surface area contributed by atoms with Crippen LogP contribution in [0.4, 0.5) is 0 Å². The fourth-order valence-corrected chi connectivity index (χ4v) is 3.08. The molecule has 0 heterocycles. The van der Waals surface area contributed by atoms with Crippen molar-refractivity contribution in [3.8, 4) is 0 Å². The van der Waals surface area contributed by atoms with Crippen molar-refractivity contribution in [3.63, 3.8) is 0 Å². The first kappa shape index (κ1) is 14.5. The number of hydrogen-bond acceptors (Lipinski definition) is 3. The number of hydrogen-bond donors (Lipinski definition) is 1. The first-order valence-corrected chi connectivity index (χ1v) is 7.50. The molecule has 2 rings (SSSR count). The molecule has 104 valence electrons. The number of carbonyl (C=O) groups excluding carboxylic acids is 1. The predicted molar refractivity (Wildman–Crippen MR) is 78.5 cm³/mol. The van der Waals surface area contributed by atoms with Gasteiger partial charge < -0.3 is 10.5 Å². The largest absolute Gasteiger partial charge is 0.459 e. The van der Waals surface area contributed by atoms with Crippen molar-refractivity contribution < 1.29 is 9.53 Å². The molecule has 0 spiro atoms. The molecule has 0 radical (unpaired) electrons. The van der Waals surface area contributed by atoms with Crippen molar-refractivity contribution in [3.05, 3.63) is 34.3 Å². The lowest BCUT2D eigenvalue weighted by Crippen LogP contribution is -2.51. The zero-order valence-electron chi connectivity index (χ0n) is 11.2. The van der Waals surface area contributed by atoms with Crippen LogP contribution >= 0.6 is 15.9 Å². The Morgan fingerprint density at radius 3 is 2.95 bits per heavy atom. The molecule has 1 fully saturated rings. The Bertz CT molecular complexity index is 463. The van der Waals surface area contributed by atoms with Crippen molar-refractivity contribution >= 4 is 21.9 Å². The van der Waals surface area contributed by atoms with Crippen LogP contribution in [-0.2, 0) is 16.1 Å². The highest BCUT2D eigenvalue weighted by Crippen LogP contribution is 2.31. The summed E-state index contributed by atoms with van der Waals surface area (Å²) in [6.45, 7) is 2.41. The minimum Gasteiger partial charge on any atom is -0.459 e. The molecule has 0 bridgehead atoms. The van der Waals surface area contributed by atoms with Gasteiger partial charge in [-0.2, -0.15) is 0 Å². The lowest BCUT2D eigenvalue weighted by atomic mass is 9.77. The quantitative estimate of drug-likeness (QED) is 0.866. The Morgan fingerprint density at radius 1 is 1.53 bits per heavy atom. The summed E-state index contributed by atoms with van der Waals surface area (Å²) in [5.41, 5.74) is 6.38. The van der Waals surface area contributed by atoms with Gasteiger partial charge >= 0.3 is 5.97 Å². The second-order valence-corrected chi connectivity index (χ2v) is 6.38. The van der Waals surface area contributed by atoms with Gasteiger partial charge in [-0.05, 0) is 24.8 Å². The molecule has 1 aliphatic rings. The van der Waals surface area contributed by atoms with E-state index in [0.29, 0.717) is 5.92 Å². The molecular formula is C15H20BrNO2. The molecule has 1 aromatic rings. The second kappa shape index (κ2) is 6.06. The van der Waals surface area contributed by atoms with Gasteiger partial charge in [0.15, 0.2) is 0 Å². The highest BCUT2D eigenvalue weighted by Gasteiger charge is 2.39. The van der Waals surface area contributed by atoms with Crippen molar-refractivity contribution in [2.75, 3.05) is 0 Å². The number of ether oxygens (including phenoxy) is 1. The lowest BCUT2D eigenvalue weighted by Gasteiger charge is -2.34. The number of rotatable bonds is 3. The summed E-state index contributed by atoms with van der Waals surface area (Å²) in [7, 11) is 0. The summed E-state index contributed by atoms with van der Waals surface area (Å²) in [5.74, 6) is 0.226. The smallest absolute Gasteiger partial charge is 0.326 e. The molecule has 4 heteroatoms. The predicted octanol–water partition coefficient (Wildman–Crippen LogP) is 3.40. The molecule has 19 heavy (non-hydrogen) atoms. The van der Waals surface area contributed by atoms with Gasteiger partial charge in [-0.15, -0.1) is 0 Å². The molecule has 0 amide bonds. The number of benzene rings is 1. The molecule has 1 aromatic carbocycles. The summed E-state index contributed by atoms with van der Waals surface area (Å²) in [6.07, 6.45) is 3.60. The molecule has 2 atom stereocenters. The third-order valence-corrected chi connectivity index (χ3v) is 4.53. The zero-order chi connectivity index (χ0) is 13.9. The fraction of sp³-hybridized carbons (Fsp3) is 0.533. The van der Waals surface area contributed by atoms with Crippen LogP contribution in [-0.4, -0.2) is 11.5 Å². The molecule has 2 unspecified atom stereocenters. The van der Waals surface area contributed by atoms with Crippen LogP contribution in [0.15, 0.2) is 28.7 Å². The van der Waals surface area contributed by atoms with Crippen LogP contribution in [0.5, 0.6) is 0 Å². The molecule has 0 aliphatic heterocycles. The van der Waals surface area contributed by atoms with E-state index in [-0.39, 0.29) is 12.6 Å². The van der Waals surface area contributed by atoms with Crippen molar-refractivity contribution in [1.82, 2.24) is 0 Å². The van der Waals surface area contributed by atoms with E-state index in [1.165, 1.54) is 0 Å². The van der Waals surface area contributed by atoms with Crippen LogP contribution in [0.1, 0.15) is 38.2 Å². The van der Waals surface area contributed by atoms with Crippen molar-refractivity contribution in [2.24, 2.45) is 11.7 Å². The summed E-state index contributed by atoms with van der Waals surface area (Å²) >= 11 is 3.44. The van der Waals surface area contributed by atoms with Gasteiger partial charge in [0.05, 0.1) is 0 Å². The first-order valence-electron chi connectivity index (χ1n) is 6.71. The highest BCUT2D eigenvalue weighted by molar-refractivity contribution is 9.10. The van der Waals surface area contributed by atoms with E-state index in [4.69, 9.17) is 10.5 Å². The molecule has 2 N–H and O–H groups in total. The normalized spacial score (nSPS) is 27.0. The van der Waals surface area contributed by atoms with Crippen molar-refractivity contribution in [1.29, 1.82) is 0 Å². The number of nitrogens with two attached hydrogens (primary N) is 1. The van der Waals surface area contributed by atoms with Gasteiger partial charge in [0.1, 0.15) is 12.1 Å². The van der Waals surface area contributed by atoms with E-state index < -0.39 is 5.54 Å². The van der Waals surface area contributed by atoms with E-state index in [1.54, 1.807) is 0 Å². The summed E-state index contributed by atoms with van der Waals surface area (Å²) in [6, 6.07) is 7.73. The average molecular weight is 326 g/mol. The van der Waals surface area contributed by atoms with Crippen LogP contribution < -0.4 is 5.73 Å². The molecule has 3 nitrogen and oxygen atoms in total. The maximum atomic E-state index is 12.2. The van der Waals surface area contributed by atoms with Gasteiger partial charge in [-0.3, -0.25) is 4.79 Å². The number of halogens is 1. The molecule has 1 saturated carbocycles. The maximum Gasteiger partial charge on any atom is 0.326 e. The topological polar surface area (TPSA) is 52.3 Å². The average Bonchev–Trinajstić information content (AvgIpc) is 2.37. The minimum atomic E-state index is -0.793. The zero-order valence-corrected chi connectivity index (χ0v) is 12.8. The standard InChI is InChI=1S/C15H20BrNO2/c1-11-5-4-8-15(17,9-11)14(18)19-10-12-6-2-3-7-13(12)16/h2-3,6-7,11H,4-5,8-10,17H2,1H3. The van der Waals surface area contributed by atoms with Crippen LogP contribution in [0.25, 0.3) is 0 Å². The Labute approximate surface area is 122 Å². The van der Waals surface area contributed by atoms with Gasteiger partial charge in [0.25, 0.3) is 0 Å². The minimum absolute atomic E-state index is 0.269. The van der Waals surface area contributed by atoms with Gasteiger partial charge in [-0.25, -0.2) is 0 Å². The molecule has 0 saturated heterocycles. The van der Waals surface area contributed by atoms with Crippen LogP contribution in [0.2, 0.25) is 0 Å². The third kappa shape index (κ3) is 3.57. The van der Waals surface area contributed by atoms with E-state index in [0.717, 1.165) is 35.7 Å². The van der Waals surface area contributed by atoms with E-state index >= 15 is 0 Å². The molecular weight excluding hydrogens is 306 g/mol. The summed E-state index contributed by atoms with van der Waals surface area (Å²) in [5, 5.41) is 0. The van der Waals surface area contributed by atoms with E-state index in [2.05, 4.69) is 22.9 Å². The SMILES string of the molecule is CC1CCCC(N)(C(=O)OCc2ccccc2Br)C1. The lowest BCUT2D eigenvalue weighted by molar-refractivity contribution is -0.153. The van der Waals surface area contributed by atoms with E-state index in [1.807, 2.05) is 24.3 Å². The molecule has 0 aromatic heterocycles. The Balaban J connectivity index is 1.96. The summed E-state index contributed by atoms with van der Waals surface area (Å²) in [4.78, 5) is 12.2. The van der Waals surface area contributed by atoms with Gasteiger partial charge in [-0.1, -0.05) is 53.9 Å². The van der Waals surface area contributed by atoms with Crippen LogP contribution in [0, 0.1) is 5.92 Å². The summed E-state index contributed by atoms with van der Waals surface area (Å²) < 4.78 is 6.36. The maximum absolute atomic E-state index is 12.2. The van der Waals surface area contributed by atoms with Crippen LogP contribution in [0.3, 0.4) is 0 Å². The Hall–Kier alpha value is -0.870. The Morgan fingerprint density at radius 2 is 2.26 bits per heavy atom. The Kier molecular flexibility index (Phi) is 4.63. The third-order valence-electron chi connectivity index (χ3n) is 3.76. The first-order chi connectivity index (χ1) is 9.01. The monoisotopic (exact) mass is 325 g/mol. The number of esters is 1. The fourth-order valence-electron chi connectivity index (χ4n) is 2.68.